The van der Waals surface area contributed by atoms with E-state index in [1.54, 1.807) is 18.2 Å². The highest BCUT2D eigenvalue weighted by Gasteiger charge is 2.36. The quantitative estimate of drug-likeness (QED) is 0.433. The van der Waals surface area contributed by atoms with Gasteiger partial charge in [0.05, 0.1) is 11.4 Å². The van der Waals surface area contributed by atoms with Gasteiger partial charge in [-0.05, 0) is 79.7 Å². The minimum Gasteiger partial charge on any atom is -0.318 e. The number of thioether (sulfide) groups is 1. The van der Waals surface area contributed by atoms with Gasteiger partial charge >= 0.3 is 0 Å². The molecule has 1 aliphatic rings. The number of halogens is 3. The summed E-state index contributed by atoms with van der Waals surface area (Å²) >= 11 is 6.84. The van der Waals surface area contributed by atoms with Crippen molar-refractivity contribution in [3.63, 3.8) is 0 Å². The van der Waals surface area contributed by atoms with Crippen molar-refractivity contribution in [3.8, 4) is 5.69 Å². The van der Waals surface area contributed by atoms with Gasteiger partial charge in [0.25, 0.3) is 11.1 Å². The van der Waals surface area contributed by atoms with Crippen molar-refractivity contribution in [2.75, 3.05) is 0 Å². The van der Waals surface area contributed by atoms with Crippen molar-refractivity contribution in [2.45, 2.75) is 20.4 Å². The lowest BCUT2D eigenvalue weighted by molar-refractivity contribution is -0.123. The number of aryl methyl sites for hydroxylation is 1. The largest absolute Gasteiger partial charge is 0.318 e. The molecule has 0 radical (unpaired) electrons. The van der Waals surface area contributed by atoms with E-state index in [-0.39, 0.29) is 27.9 Å². The van der Waals surface area contributed by atoms with Gasteiger partial charge in [-0.3, -0.25) is 14.5 Å². The van der Waals surface area contributed by atoms with Crippen molar-refractivity contribution in [2.24, 2.45) is 0 Å². The Morgan fingerprint density at radius 1 is 1.06 bits per heavy atom. The SMILES string of the molecule is Cc1cc(/C=C2\SC(=O)N(Cc3c(F)cccc3Cl)C2=O)c(C)n1-c1ccc(F)cc1. The molecule has 1 fully saturated rings. The number of hydrogen-bond acceptors (Lipinski definition) is 3. The molecule has 0 aliphatic carbocycles. The highest BCUT2D eigenvalue weighted by Crippen LogP contribution is 2.35. The molecule has 0 bridgehead atoms. The molecule has 1 aliphatic heterocycles. The number of imide groups is 1. The van der Waals surface area contributed by atoms with Crippen LogP contribution in [0.5, 0.6) is 0 Å². The third-order valence-electron chi connectivity index (χ3n) is 5.09. The van der Waals surface area contributed by atoms with E-state index in [1.807, 2.05) is 24.5 Å². The number of benzene rings is 2. The number of carbonyl (C=O) groups is 2. The first-order valence-corrected chi connectivity index (χ1v) is 10.6. The van der Waals surface area contributed by atoms with Crippen molar-refractivity contribution < 1.29 is 18.4 Å². The fraction of sp³-hybridized carbons (Fsp3) is 0.130. The second kappa shape index (κ2) is 8.32. The smallest absolute Gasteiger partial charge is 0.293 e. The molecule has 4 nitrogen and oxygen atoms in total. The summed E-state index contributed by atoms with van der Waals surface area (Å²) in [5.74, 6) is -1.39. The molecule has 4 rings (SSSR count). The summed E-state index contributed by atoms with van der Waals surface area (Å²) in [5.41, 5.74) is 3.39. The molecule has 2 amide bonds. The zero-order valence-corrected chi connectivity index (χ0v) is 18.2. The summed E-state index contributed by atoms with van der Waals surface area (Å²) in [4.78, 5) is 26.5. The van der Waals surface area contributed by atoms with E-state index in [9.17, 15) is 18.4 Å². The van der Waals surface area contributed by atoms with Crippen LogP contribution in [-0.4, -0.2) is 20.6 Å². The van der Waals surface area contributed by atoms with Gasteiger partial charge in [-0.25, -0.2) is 8.78 Å². The van der Waals surface area contributed by atoms with Gasteiger partial charge in [0.2, 0.25) is 0 Å². The zero-order chi connectivity index (χ0) is 22.3. The highest BCUT2D eigenvalue weighted by atomic mass is 35.5. The first-order valence-electron chi connectivity index (χ1n) is 9.39. The Balaban J connectivity index is 1.64. The Hall–Kier alpha value is -2.90. The van der Waals surface area contributed by atoms with Crippen LogP contribution >= 0.6 is 23.4 Å². The van der Waals surface area contributed by atoms with Crippen LogP contribution in [0.15, 0.2) is 53.4 Å². The van der Waals surface area contributed by atoms with Gasteiger partial charge in [-0.1, -0.05) is 17.7 Å². The van der Waals surface area contributed by atoms with Crippen molar-refractivity contribution in [3.05, 3.63) is 92.6 Å². The van der Waals surface area contributed by atoms with Gasteiger partial charge in [-0.2, -0.15) is 0 Å². The van der Waals surface area contributed by atoms with Gasteiger partial charge in [0, 0.05) is 27.7 Å². The zero-order valence-electron chi connectivity index (χ0n) is 16.7. The lowest BCUT2D eigenvalue weighted by Gasteiger charge is -2.14. The van der Waals surface area contributed by atoms with E-state index >= 15 is 0 Å². The molecule has 3 aromatic rings. The third-order valence-corrected chi connectivity index (χ3v) is 6.35. The standard InChI is InChI=1S/C23H17ClF2N2O2S/c1-13-10-15(14(2)28(13)17-8-6-16(25)7-9-17)11-21-22(29)27(23(30)31-21)12-18-19(24)4-3-5-20(18)26/h3-11H,12H2,1-2H3/b21-11-. The molecule has 31 heavy (non-hydrogen) atoms. The van der Waals surface area contributed by atoms with Crippen LogP contribution in [0.25, 0.3) is 11.8 Å². The molecule has 158 valence electrons. The number of aromatic nitrogens is 1. The lowest BCUT2D eigenvalue weighted by atomic mass is 10.2. The van der Waals surface area contributed by atoms with Crippen LogP contribution in [0.1, 0.15) is 22.5 Å². The van der Waals surface area contributed by atoms with Gasteiger partial charge in [0.15, 0.2) is 0 Å². The molecule has 0 unspecified atom stereocenters. The molecule has 2 aromatic carbocycles. The summed E-state index contributed by atoms with van der Waals surface area (Å²) < 4.78 is 29.3. The number of amides is 2. The Labute approximate surface area is 187 Å². The first kappa shape index (κ1) is 21.3. The normalized spacial score (nSPS) is 15.4. The average Bonchev–Trinajstić information content (AvgIpc) is 3.15. The molecular formula is C23H17ClF2N2O2S. The molecule has 0 atom stereocenters. The van der Waals surface area contributed by atoms with Crippen molar-refractivity contribution >= 4 is 40.6 Å². The number of hydrogen-bond donors (Lipinski definition) is 0. The van der Waals surface area contributed by atoms with Crippen LogP contribution in [-0.2, 0) is 11.3 Å². The van der Waals surface area contributed by atoms with E-state index < -0.39 is 17.0 Å². The Kier molecular flexibility index (Phi) is 5.73. The molecule has 1 saturated heterocycles. The highest BCUT2D eigenvalue weighted by molar-refractivity contribution is 8.18. The summed E-state index contributed by atoms with van der Waals surface area (Å²) in [6.07, 6.45) is 1.65. The van der Waals surface area contributed by atoms with Crippen LogP contribution in [0.3, 0.4) is 0 Å². The van der Waals surface area contributed by atoms with E-state index in [0.717, 1.165) is 39.3 Å². The second-order valence-electron chi connectivity index (χ2n) is 7.11. The number of rotatable bonds is 4. The molecular weight excluding hydrogens is 442 g/mol. The molecule has 0 spiro atoms. The van der Waals surface area contributed by atoms with E-state index in [0.29, 0.717) is 0 Å². The van der Waals surface area contributed by atoms with Crippen LogP contribution < -0.4 is 0 Å². The van der Waals surface area contributed by atoms with Gasteiger partial charge in [-0.15, -0.1) is 0 Å². The summed E-state index contributed by atoms with van der Waals surface area (Å²) in [5, 5.41) is -0.325. The topological polar surface area (TPSA) is 42.3 Å². The molecule has 1 aromatic heterocycles. The third kappa shape index (κ3) is 4.03. The van der Waals surface area contributed by atoms with Crippen molar-refractivity contribution in [1.82, 2.24) is 9.47 Å². The van der Waals surface area contributed by atoms with E-state index in [1.165, 1.54) is 30.3 Å². The molecule has 0 N–H and O–H groups in total. The van der Waals surface area contributed by atoms with Crippen LogP contribution in [0.4, 0.5) is 13.6 Å². The summed E-state index contributed by atoms with van der Waals surface area (Å²) in [6.45, 7) is 3.55. The summed E-state index contributed by atoms with van der Waals surface area (Å²) in [7, 11) is 0. The Morgan fingerprint density at radius 3 is 2.45 bits per heavy atom. The fourth-order valence-electron chi connectivity index (χ4n) is 3.54. The number of nitrogens with zero attached hydrogens (tertiary/aromatic N) is 2. The van der Waals surface area contributed by atoms with Gasteiger partial charge < -0.3 is 4.57 Å². The minimum absolute atomic E-state index is 0.0993. The van der Waals surface area contributed by atoms with Gasteiger partial charge in [0.1, 0.15) is 11.6 Å². The van der Waals surface area contributed by atoms with Crippen molar-refractivity contribution in [1.29, 1.82) is 0 Å². The summed E-state index contributed by atoms with van der Waals surface area (Å²) in [6, 6.07) is 12.2. The average molecular weight is 459 g/mol. The maximum Gasteiger partial charge on any atom is 0.293 e. The number of carbonyl (C=O) groups excluding carboxylic acids is 2. The lowest BCUT2D eigenvalue weighted by Crippen LogP contribution is -2.28. The molecule has 2 heterocycles. The van der Waals surface area contributed by atoms with E-state index in [2.05, 4.69) is 0 Å². The fourth-order valence-corrected chi connectivity index (χ4v) is 4.59. The Bertz CT molecular complexity index is 1210. The predicted molar refractivity (Wildman–Crippen MR) is 118 cm³/mol. The first-order chi connectivity index (χ1) is 14.8. The predicted octanol–water partition coefficient (Wildman–Crippen LogP) is 6.26. The maximum absolute atomic E-state index is 14.1. The Morgan fingerprint density at radius 2 is 1.77 bits per heavy atom. The molecule has 0 saturated carbocycles. The monoisotopic (exact) mass is 458 g/mol. The second-order valence-corrected chi connectivity index (χ2v) is 8.51. The molecule has 8 heteroatoms. The minimum atomic E-state index is -0.571. The van der Waals surface area contributed by atoms with Crippen LogP contribution in [0, 0.1) is 25.5 Å². The van der Waals surface area contributed by atoms with E-state index in [4.69, 9.17) is 11.6 Å². The van der Waals surface area contributed by atoms with Crippen LogP contribution in [0.2, 0.25) is 5.02 Å². The maximum atomic E-state index is 14.1.